The van der Waals surface area contributed by atoms with Crippen LogP contribution in [0.15, 0.2) is 0 Å². The highest BCUT2D eigenvalue weighted by Crippen LogP contribution is 2.16. The molecule has 4 nitrogen and oxygen atoms in total. The van der Waals surface area contributed by atoms with Crippen molar-refractivity contribution in [2.24, 2.45) is 5.92 Å². The Kier molecular flexibility index (Phi) is 4.90. The van der Waals surface area contributed by atoms with Crippen molar-refractivity contribution in [3.63, 3.8) is 0 Å². The molecule has 1 amide bonds. The average molecular weight is 201 g/mol. The number of hydrogen-bond donors (Lipinski definition) is 1. The van der Waals surface area contributed by atoms with Crippen molar-refractivity contribution in [3.05, 3.63) is 0 Å². The molecule has 0 saturated carbocycles. The third-order valence-corrected chi connectivity index (χ3v) is 2.55. The Labute approximate surface area is 84.8 Å². The van der Waals surface area contributed by atoms with Crippen molar-refractivity contribution in [1.82, 2.24) is 4.90 Å². The highest BCUT2D eigenvalue weighted by atomic mass is 16.5. The van der Waals surface area contributed by atoms with Gasteiger partial charge in [-0.05, 0) is 18.8 Å². The molecule has 14 heavy (non-hydrogen) atoms. The molecule has 0 aromatic rings. The monoisotopic (exact) mass is 201 g/mol. The molecule has 1 N–H and O–H groups in total. The Bertz CT molecular complexity index is 184. The summed E-state index contributed by atoms with van der Waals surface area (Å²) in [5, 5.41) is 8.55. The number of carbonyl (C=O) groups is 1. The number of aliphatic hydroxyl groups is 1. The number of rotatable bonds is 4. The van der Waals surface area contributed by atoms with Gasteiger partial charge in [0.2, 0.25) is 5.91 Å². The van der Waals surface area contributed by atoms with Gasteiger partial charge in [-0.15, -0.1) is 0 Å². The lowest BCUT2D eigenvalue weighted by atomic mass is 9.99. The van der Waals surface area contributed by atoms with Gasteiger partial charge in [0.15, 0.2) is 0 Å². The molecule has 0 aliphatic carbocycles. The lowest BCUT2D eigenvalue weighted by Crippen LogP contribution is -2.40. The molecule has 1 saturated heterocycles. The summed E-state index contributed by atoms with van der Waals surface area (Å²) in [7, 11) is 0. The van der Waals surface area contributed by atoms with E-state index in [0.717, 1.165) is 25.9 Å². The smallest absolute Gasteiger partial charge is 0.219 e. The highest BCUT2D eigenvalue weighted by molar-refractivity contribution is 5.73. The van der Waals surface area contributed by atoms with E-state index in [1.165, 1.54) is 0 Å². The Morgan fingerprint density at radius 1 is 1.64 bits per heavy atom. The fourth-order valence-corrected chi connectivity index (χ4v) is 1.80. The average Bonchev–Trinajstić information content (AvgIpc) is 2.19. The van der Waals surface area contributed by atoms with Crippen molar-refractivity contribution < 1.29 is 14.6 Å². The minimum Gasteiger partial charge on any atom is -0.394 e. The first-order valence-corrected chi connectivity index (χ1v) is 5.18. The quantitative estimate of drug-likeness (QED) is 0.663. The van der Waals surface area contributed by atoms with E-state index in [-0.39, 0.29) is 12.5 Å². The van der Waals surface area contributed by atoms with Crippen LogP contribution in [-0.2, 0) is 9.53 Å². The van der Waals surface area contributed by atoms with Gasteiger partial charge in [0.05, 0.1) is 19.8 Å². The van der Waals surface area contributed by atoms with Crippen molar-refractivity contribution in [2.75, 3.05) is 32.9 Å². The zero-order chi connectivity index (χ0) is 10.4. The molecule has 1 heterocycles. The third-order valence-electron chi connectivity index (χ3n) is 2.55. The van der Waals surface area contributed by atoms with Crippen LogP contribution in [0.5, 0.6) is 0 Å². The maximum atomic E-state index is 11.1. The lowest BCUT2D eigenvalue weighted by molar-refractivity contribution is -0.131. The van der Waals surface area contributed by atoms with Crippen molar-refractivity contribution in [3.8, 4) is 0 Å². The summed E-state index contributed by atoms with van der Waals surface area (Å²) in [5.41, 5.74) is 0. The molecule has 1 atom stereocenters. The summed E-state index contributed by atoms with van der Waals surface area (Å²) in [6, 6.07) is 0. The van der Waals surface area contributed by atoms with Crippen LogP contribution in [0.4, 0.5) is 0 Å². The molecular formula is C10H19NO3. The number of hydrogen-bond acceptors (Lipinski definition) is 3. The van der Waals surface area contributed by atoms with Crippen molar-refractivity contribution in [1.29, 1.82) is 0 Å². The normalized spacial score (nSPS) is 22.4. The van der Waals surface area contributed by atoms with Crippen LogP contribution in [0, 0.1) is 5.92 Å². The summed E-state index contributed by atoms with van der Waals surface area (Å²) in [6.07, 6.45) is 2.18. The number of piperidine rings is 1. The molecule has 4 heteroatoms. The van der Waals surface area contributed by atoms with E-state index in [0.29, 0.717) is 19.1 Å². The molecule has 1 aliphatic rings. The molecule has 0 unspecified atom stereocenters. The first-order chi connectivity index (χ1) is 6.74. The van der Waals surface area contributed by atoms with Crippen LogP contribution >= 0.6 is 0 Å². The van der Waals surface area contributed by atoms with Gasteiger partial charge in [-0.25, -0.2) is 0 Å². The molecule has 0 bridgehead atoms. The number of amides is 1. The van der Waals surface area contributed by atoms with E-state index in [9.17, 15) is 4.79 Å². The number of nitrogens with zero attached hydrogens (tertiary/aromatic N) is 1. The summed E-state index contributed by atoms with van der Waals surface area (Å²) >= 11 is 0. The fraction of sp³-hybridized carbons (Fsp3) is 0.900. The van der Waals surface area contributed by atoms with Gasteiger partial charge in [0, 0.05) is 20.0 Å². The second kappa shape index (κ2) is 5.98. The van der Waals surface area contributed by atoms with Crippen LogP contribution in [0.2, 0.25) is 0 Å². The van der Waals surface area contributed by atoms with Crippen molar-refractivity contribution in [2.45, 2.75) is 19.8 Å². The summed E-state index contributed by atoms with van der Waals surface area (Å²) in [5.74, 6) is 0.594. The first kappa shape index (κ1) is 11.5. The lowest BCUT2D eigenvalue weighted by Gasteiger charge is -2.31. The fourth-order valence-electron chi connectivity index (χ4n) is 1.80. The molecule has 1 aliphatic heterocycles. The van der Waals surface area contributed by atoms with E-state index in [4.69, 9.17) is 9.84 Å². The molecule has 0 aromatic carbocycles. The van der Waals surface area contributed by atoms with E-state index in [1.54, 1.807) is 6.92 Å². The number of aliphatic hydroxyl groups excluding tert-OH is 1. The predicted octanol–water partition coefficient (Wildman–Crippen LogP) is 0.254. The minimum absolute atomic E-state index is 0.0726. The van der Waals surface area contributed by atoms with E-state index in [1.807, 2.05) is 4.90 Å². The Hall–Kier alpha value is -0.610. The van der Waals surface area contributed by atoms with Crippen LogP contribution in [0.3, 0.4) is 0 Å². The topological polar surface area (TPSA) is 49.8 Å². The third kappa shape index (κ3) is 3.64. The zero-order valence-electron chi connectivity index (χ0n) is 8.74. The van der Waals surface area contributed by atoms with Crippen LogP contribution in [0.1, 0.15) is 19.8 Å². The SMILES string of the molecule is CC(=O)N1CCC[C@@H](COCCO)C1. The number of carbonyl (C=O) groups excluding carboxylic acids is 1. The largest absolute Gasteiger partial charge is 0.394 e. The van der Waals surface area contributed by atoms with Gasteiger partial charge in [0.1, 0.15) is 0 Å². The highest BCUT2D eigenvalue weighted by Gasteiger charge is 2.21. The summed E-state index contributed by atoms with van der Waals surface area (Å²) < 4.78 is 5.26. The maximum absolute atomic E-state index is 11.1. The number of likely N-dealkylation sites (tertiary alicyclic amines) is 1. The maximum Gasteiger partial charge on any atom is 0.219 e. The molecule has 0 radical (unpaired) electrons. The Balaban J connectivity index is 2.22. The van der Waals surface area contributed by atoms with Crippen molar-refractivity contribution >= 4 is 5.91 Å². The second-order valence-corrected chi connectivity index (χ2v) is 3.77. The molecule has 0 aromatic heterocycles. The van der Waals surface area contributed by atoms with Gasteiger partial charge in [0.25, 0.3) is 0 Å². The van der Waals surface area contributed by atoms with E-state index >= 15 is 0 Å². The molecule has 0 spiro atoms. The van der Waals surface area contributed by atoms with Crippen LogP contribution < -0.4 is 0 Å². The van der Waals surface area contributed by atoms with E-state index in [2.05, 4.69) is 0 Å². The zero-order valence-corrected chi connectivity index (χ0v) is 8.74. The standard InChI is InChI=1S/C10H19NO3/c1-9(13)11-4-2-3-10(7-11)8-14-6-5-12/h10,12H,2-8H2,1H3/t10-/m1/s1. The summed E-state index contributed by atoms with van der Waals surface area (Å²) in [4.78, 5) is 13.0. The molecular weight excluding hydrogens is 182 g/mol. The predicted molar refractivity (Wildman–Crippen MR) is 52.9 cm³/mol. The second-order valence-electron chi connectivity index (χ2n) is 3.77. The van der Waals surface area contributed by atoms with Crippen LogP contribution in [-0.4, -0.2) is 48.8 Å². The van der Waals surface area contributed by atoms with Gasteiger partial charge < -0.3 is 14.7 Å². The van der Waals surface area contributed by atoms with Gasteiger partial charge in [-0.3, -0.25) is 4.79 Å². The van der Waals surface area contributed by atoms with Gasteiger partial charge >= 0.3 is 0 Å². The van der Waals surface area contributed by atoms with Gasteiger partial charge in [-0.2, -0.15) is 0 Å². The molecule has 82 valence electrons. The summed E-state index contributed by atoms with van der Waals surface area (Å²) in [6.45, 7) is 4.42. The number of ether oxygens (including phenoxy) is 1. The van der Waals surface area contributed by atoms with E-state index < -0.39 is 0 Å². The molecule has 1 fully saturated rings. The van der Waals surface area contributed by atoms with Crippen LogP contribution in [0.25, 0.3) is 0 Å². The Morgan fingerprint density at radius 3 is 3.07 bits per heavy atom. The Morgan fingerprint density at radius 2 is 2.43 bits per heavy atom. The minimum atomic E-state index is 0.0726. The van der Waals surface area contributed by atoms with Gasteiger partial charge in [-0.1, -0.05) is 0 Å². The first-order valence-electron chi connectivity index (χ1n) is 5.18. The molecule has 1 rings (SSSR count).